The Kier molecular flexibility index (Phi) is 12.2. The predicted molar refractivity (Wildman–Crippen MR) is 192 cm³/mol. The Labute approximate surface area is 300 Å². The Balaban J connectivity index is 1.11. The quantitative estimate of drug-likeness (QED) is 0.202. The number of fused-ring (bicyclic) bond motifs is 2. The van der Waals surface area contributed by atoms with Crippen LogP contribution in [0.2, 0.25) is 0 Å². The zero-order valence-corrected chi connectivity index (χ0v) is 30.2. The number of pyridine rings is 1. The maximum atomic E-state index is 15.2. The largest absolute Gasteiger partial charge is 0.489 e. The Hall–Kier alpha value is -3.68. The van der Waals surface area contributed by atoms with Crippen LogP contribution in [0.1, 0.15) is 50.9 Å². The molecule has 0 spiro atoms. The van der Waals surface area contributed by atoms with Crippen LogP contribution in [0.3, 0.4) is 0 Å². The Morgan fingerprint density at radius 3 is 2.33 bits per heavy atom. The number of piperazine rings is 1. The van der Waals surface area contributed by atoms with E-state index in [1.807, 2.05) is 49.1 Å². The van der Waals surface area contributed by atoms with Crippen molar-refractivity contribution in [3.8, 4) is 5.75 Å². The lowest BCUT2D eigenvalue weighted by Crippen LogP contribution is -2.64. The fourth-order valence-electron chi connectivity index (χ4n) is 7.64. The van der Waals surface area contributed by atoms with Crippen LogP contribution in [-0.2, 0) is 33.8 Å². The first kappa shape index (κ1) is 37.1. The zero-order chi connectivity index (χ0) is 36.1. The lowest BCUT2D eigenvalue weighted by atomic mass is 10.0. The van der Waals surface area contributed by atoms with Gasteiger partial charge in [-0.15, -0.1) is 0 Å². The van der Waals surface area contributed by atoms with Gasteiger partial charge in [0.2, 0.25) is 5.91 Å². The molecule has 1 aromatic heterocycles. The summed E-state index contributed by atoms with van der Waals surface area (Å²) in [5, 5.41) is 0. The molecular formula is C39H52F2N6O4. The summed E-state index contributed by atoms with van der Waals surface area (Å²) in [6, 6.07) is 18.2. The minimum atomic E-state index is -1.06. The number of nitrogens with zero attached hydrogens (tertiary/aromatic N) is 5. The molecule has 6 rings (SSSR count). The van der Waals surface area contributed by atoms with Gasteiger partial charge in [0, 0.05) is 69.6 Å². The van der Waals surface area contributed by atoms with Gasteiger partial charge >= 0.3 is 0 Å². The van der Waals surface area contributed by atoms with Crippen LogP contribution in [0.25, 0.3) is 0 Å². The average Bonchev–Trinajstić information content (AvgIpc) is 3.71. The van der Waals surface area contributed by atoms with Gasteiger partial charge in [-0.3, -0.25) is 14.6 Å². The number of amides is 1. The predicted octanol–water partition coefficient (Wildman–Crippen LogP) is 4.59. The van der Waals surface area contributed by atoms with Crippen LogP contribution >= 0.6 is 0 Å². The smallest absolute Gasteiger partial charge is 0.240 e. The molecule has 12 heteroatoms. The zero-order valence-electron chi connectivity index (χ0n) is 30.2. The fraction of sp³-hybridized carbons (Fsp3) is 0.538. The number of hydrogen-bond acceptors (Lipinski definition) is 9. The van der Waals surface area contributed by atoms with Crippen molar-refractivity contribution in [3.05, 3.63) is 89.1 Å². The van der Waals surface area contributed by atoms with Gasteiger partial charge in [0.15, 0.2) is 17.9 Å². The van der Waals surface area contributed by atoms with E-state index >= 15 is 8.78 Å². The summed E-state index contributed by atoms with van der Waals surface area (Å²) in [6.45, 7) is 13.0. The molecule has 3 aromatic rings. The summed E-state index contributed by atoms with van der Waals surface area (Å²) in [5.41, 5.74) is 8.24. The molecule has 4 heterocycles. The van der Waals surface area contributed by atoms with Crippen molar-refractivity contribution < 1.29 is 27.8 Å². The molecule has 3 fully saturated rings. The van der Waals surface area contributed by atoms with Crippen molar-refractivity contribution >= 4 is 11.7 Å². The highest BCUT2D eigenvalue weighted by Crippen LogP contribution is 2.36. The molecule has 3 aliphatic heterocycles. The molecule has 0 radical (unpaired) electrons. The fourth-order valence-corrected chi connectivity index (χ4v) is 7.64. The van der Waals surface area contributed by atoms with E-state index < -0.39 is 29.9 Å². The second kappa shape index (κ2) is 16.8. The van der Waals surface area contributed by atoms with E-state index in [9.17, 15) is 4.79 Å². The number of likely N-dealkylation sites (tertiary alicyclic amines) is 2. The molecule has 0 saturated carbocycles. The number of rotatable bonds is 17. The third-order valence-electron chi connectivity index (χ3n) is 10.3. The lowest BCUT2D eigenvalue weighted by molar-refractivity contribution is -0.160. The first-order valence-electron chi connectivity index (χ1n) is 18.3. The minimum absolute atomic E-state index is 0.0292. The second-order valence-corrected chi connectivity index (χ2v) is 14.1. The van der Waals surface area contributed by atoms with Gasteiger partial charge in [-0.2, -0.15) is 0 Å². The van der Waals surface area contributed by atoms with Crippen LogP contribution in [-0.4, -0.2) is 108 Å². The third-order valence-corrected chi connectivity index (χ3v) is 10.3. The number of carbonyl (C=O) groups is 1. The van der Waals surface area contributed by atoms with Crippen molar-refractivity contribution in [2.24, 2.45) is 5.73 Å². The number of benzene rings is 2. The molecule has 10 nitrogen and oxygen atoms in total. The van der Waals surface area contributed by atoms with Gasteiger partial charge in [0.25, 0.3) is 0 Å². The number of anilines is 1. The molecule has 0 aliphatic carbocycles. The summed E-state index contributed by atoms with van der Waals surface area (Å²) in [6.07, 6.45) is 0.472. The summed E-state index contributed by atoms with van der Waals surface area (Å²) in [7, 11) is 0. The topological polar surface area (TPSA) is 96.6 Å². The second-order valence-electron chi connectivity index (χ2n) is 14.1. The van der Waals surface area contributed by atoms with Crippen molar-refractivity contribution in [2.45, 2.75) is 90.2 Å². The highest BCUT2D eigenvalue weighted by molar-refractivity contribution is 5.82. The van der Waals surface area contributed by atoms with Crippen molar-refractivity contribution in [1.82, 2.24) is 19.7 Å². The molecule has 3 aliphatic rings. The molecule has 2 bridgehead atoms. The Bertz CT molecular complexity index is 1600. The number of ether oxygens (including phenoxy) is 3. The van der Waals surface area contributed by atoms with Crippen LogP contribution in [0.15, 0.2) is 60.7 Å². The van der Waals surface area contributed by atoms with Gasteiger partial charge in [-0.25, -0.2) is 13.8 Å². The molecular weight excluding hydrogens is 654 g/mol. The highest BCUT2D eigenvalue weighted by atomic mass is 19.1. The van der Waals surface area contributed by atoms with E-state index in [-0.39, 0.29) is 25.3 Å². The van der Waals surface area contributed by atoms with Crippen molar-refractivity contribution in [2.75, 3.05) is 50.8 Å². The van der Waals surface area contributed by atoms with Crippen LogP contribution < -0.4 is 15.4 Å². The van der Waals surface area contributed by atoms with E-state index in [0.717, 1.165) is 18.7 Å². The Morgan fingerprint density at radius 1 is 0.941 bits per heavy atom. The molecule has 276 valence electrons. The van der Waals surface area contributed by atoms with Gasteiger partial charge in [-0.1, -0.05) is 36.4 Å². The van der Waals surface area contributed by atoms with E-state index in [2.05, 4.69) is 23.6 Å². The molecule has 1 amide bonds. The van der Waals surface area contributed by atoms with Gasteiger partial charge < -0.3 is 29.7 Å². The molecule has 2 aromatic carbocycles. The first-order chi connectivity index (χ1) is 24.6. The summed E-state index contributed by atoms with van der Waals surface area (Å²) in [4.78, 5) is 27.3. The van der Waals surface area contributed by atoms with Crippen LogP contribution in [0.4, 0.5) is 14.6 Å². The minimum Gasteiger partial charge on any atom is -0.489 e. The number of aromatic nitrogens is 1. The highest BCUT2D eigenvalue weighted by Gasteiger charge is 2.49. The number of carbonyl (C=O) groups excluding carboxylic acids is 1. The normalized spacial score (nSPS) is 20.0. The standard InChI is InChI=1S/C39H52F2N6O4/c1-5-49-37(50-6-2)24-45(39(48)36(42)16-28-12-14-33(18-35(28)41)51-25-27-10-8-7-9-11-27)19-29-13-15-34(40)38(43-29)44-20-32(21-44)47-23-30-17-31(47)22-46(30)26(3)4/h7-15,18,26,30-32,36-37H,5-6,16-17,19-25,42H2,1-4H3/t30?,31?,36-/m0/s1. The van der Waals surface area contributed by atoms with Gasteiger partial charge in [0.1, 0.15) is 18.2 Å². The van der Waals surface area contributed by atoms with E-state index in [0.29, 0.717) is 74.1 Å². The molecule has 51 heavy (non-hydrogen) atoms. The molecule has 2 N–H and O–H groups in total. The van der Waals surface area contributed by atoms with Crippen molar-refractivity contribution in [1.29, 1.82) is 0 Å². The SMILES string of the molecule is CCOC(CN(Cc1ccc(F)c(N2CC(N3CC4CC3CN4C(C)C)C2)n1)C(=O)[C@@H](N)Cc1ccc(OCc2ccccc2)cc1F)OCC. The molecule has 3 saturated heterocycles. The maximum Gasteiger partial charge on any atom is 0.240 e. The molecule has 3 atom stereocenters. The lowest BCUT2D eigenvalue weighted by Gasteiger charge is -2.49. The number of nitrogens with two attached hydrogens (primary N) is 1. The van der Waals surface area contributed by atoms with Crippen LogP contribution in [0, 0.1) is 11.6 Å². The third kappa shape index (κ3) is 8.86. The van der Waals surface area contributed by atoms with E-state index in [1.54, 1.807) is 18.2 Å². The summed E-state index contributed by atoms with van der Waals surface area (Å²) < 4.78 is 47.7. The Morgan fingerprint density at radius 2 is 1.69 bits per heavy atom. The monoisotopic (exact) mass is 706 g/mol. The maximum absolute atomic E-state index is 15.2. The average molecular weight is 707 g/mol. The van der Waals surface area contributed by atoms with E-state index in [4.69, 9.17) is 24.9 Å². The van der Waals surface area contributed by atoms with Crippen LogP contribution in [0.5, 0.6) is 5.75 Å². The van der Waals surface area contributed by atoms with E-state index in [1.165, 1.54) is 23.5 Å². The number of halogens is 2. The molecule has 2 unspecified atom stereocenters. The summed E-state index contributed by atoms with van der Waals surface area (Å²) >= 11 is 0. The first-order valence-corrected chi connectivity index (χ1v) is 18.3. The summed E-state index contributed by atoms with van der Waals surface area (Å²) in [5.74, 6) is -0.645. The number of hydrogen-bond donors (Lipinski definition) is 1. The van der Waals surface area contributed by atoms with Crippen molar-refractivity contribution in [3.63, 3.8) is 0 Å². The van der Waals surface area contributed by atoms with Gasteiger partial charge in [-0.05, 0) is 69.9 Å². The van der Waals surface area contributed by atoms with Gasteiger partial charge in [0.05, 0.1) is 24.8 Å².